The lowest BCUT2D eigenvalue weighted by Crippen LogP contribution is -2.27. The van der Waals surface area contributed by atoms with Crippen molar-refractivity contribution in [1.29, 1.82) is 0 Å². The van der Waals surface area contributed by atoms with Gasteiger partial charge in [-0.05, 0) is 30.3 Å². The van der Waals surface area contributed by atoms with Crippen LogP contribution in [0.3, 0.4) is 0 Å². The first-order valence-electron chi connectivity index (χ1n) is 7.06. The minimum Gasteiger partial charge on any atom is -0.383 e. The van der Waals surface area contributed by atoms with Gasteiger partial charge in [-0.2, -0.15) is 13.2 Å². The number of nitrogens with one attached hydrogen (secondary N) is 2. The highest BCUT2D eigenvalue weighted by molar-refractivity contribution is 5.94. The number of hydrogen-bond donors (Lipinski definition) is 2. The number of pyridine rings is 1. The maximum Gasteiger partial charge on any atom is 0.416 e. The summed E-state index contributed by atoms with van der Waals surface area (Å²) in [6.45, 7) is 0.758. The highest BCUT2D eigenvalue weighted by Gasteiger charge is 2.29. The number of halogens is 3. The number of methoxy groups -OCH3 is 1. The summed E-state index contributed by atoms with van der Waals surface area (Å²) >= 11 is 0. The Morgan fingerprint density at radius 3 is 2.50 bits per heavy atom. The number of nitrogens with zero attached hydrogens (tertiary/aromatic N) is 1. The van der Waals surface area contributed by atoms with E-state index in [1.54, 1.807) is 6.07 Å². The van der Waals surface area contributed by atoms with E-state index in [1.165, 1.54) is 31.6 Å². The van der Waals surface area contributed by atoms with Gasteiger partial charge in [-0.25, -0.2) is 0 Å². The molecule has 0 bridgehead atoms. The Kier molecular flexibility index (Phi) is 5.75. The van der Waals surface area contributed by atoms with E-state index >= 15 is 0 Å². The normalized spacial score (nSPS) is 11.2. The molecule has 1 aromatic heterocycles. The second kappa shape index (κ2) is 7.78. The molecule has 0 saturated heterocycles. The van der Waals surface area contributed by atoms with Crippen LogP contribution in [0.1, 0.15) is 15.9 Å². The van der Waals surface area contributed by atoms with E-state index in [2.05, 4.69) is 15.6 Å². The largest absolute Gasteiger partial charge is 0.416 e. The first-order valence-corrected chi connectivity index (χ1v) is 7.06. The van der Waals surface area contributed by atoms with Crippen LogP contribution >= 0.6 is 0 Å². The van der Waals surface area contributed by atoms with Crippen molar-refractivity contribution in [3.05, 3.63) is 53.9 Å². The molecule has 0 aliphatic rings. The predicted molar refractivity (Wildman–Crippen MR) is 83.2 cm³/mol. The quantitative estimate of drug-likeness (QED) is 0.793. The topological polar surface area (TPSA) is 63.2 Å². The second-order valence-electron chi connectivity index (χ2n) is 4.91. The van der Waals surface area contributed by atoms with Gasteiger partial charge in [0.1, 0.15) is 0 Å². The molecule has 0 spiro atoms. The van der Waals surface area contributed by atoms with Gasteiger partial charge in [-0.1, -0.05) is 0 Å². The smallest absolute Gasteiger partial charge is 0.383 e. The van der Waals surface area contributed by atoms with Gasteiger partial charge < -0.3 is 15.4 Å². The lowest BCUT2D eigenvalue weighted by molar-refractivity contribution is -0.137. The fraction of sp³-hybridized carbons (Fsp3) is 0.250. The zero-order valence-corrected chi connectivity index (χ0v) is 12.9. The third kappa shape index (κ3) is 4.95. The van der Waals surface area contributed by atoms with E-state index in [4.69, 9.17) is 4.74 Å². The van der Waals surface area contributed by atoms with Crippen molar-refractivity contribution in [3.63, 3.8) is 0 Å². The highest BCUT2D eigenvalue weighted by Crippen LogP contribution is 2.30. The van der Waals surface area contributed by atoms with Gasteiger partial charge in [0, 0.05) is 25.5 Å². The van der Waals surface area contributed by atoms with Crippen LogP contribution in [0.2, 0.25) is 0 Å². The number of carbonyl (C=O) groups is 1. The summed E-state index contributed by atoms with van der Waals surface area (Å²) in [6.07, 6.45) is -1.50. The third-order valence-corrected chi connectivity index (χ3v) is 3.09. The SMILES string of the molecule is COCCNC(=O)c1cncc(Nc2ccc(C(F)(F)F)cc2)c1. The average molecular weight is 339 g/mol. The molecule has 128 valence electrons. The maximum absolute atomic E-state index is 12.5. The van der Waals surface area contributed by atoms with Gasteiger partial charge in [-0.3, -0.25) is 9.78 Å². The summed E-state index contributed by atoms with van der Waals surface area (Å²) in [5.41, 5.74) is 0.566. The highest BCUT2D eigenvalue weighted by atomic mass is 19.4. The van der Waals surface area contributed by atoms with E-state index in [9.17, 15) is 18.0 Å². The number of ether oxygens (including phenoxy) is 1. The van der Waals surface area contributed by atoms with Gasteiger partial charge in [0.25, 0.3) is 5.91 Å². The van der Waals surface area contributed by atoms with E-state index < -0.39 is 11.7 Å². The Bertz CT molecular complexity index is 688. The van der Waals surface area contributed by atoms with Crippen LogP contribution in [-0.4, -0.2) is 31.2 Å². The third-order valence-electron chi connectivity index (χ3n) is 3.09. The number of carbonyl (C=O) groups excluding carboxylic acids is 1. The maximum atomic E-state index is 12.5. The van der Waals surface area contributed by atoms with E-state index in [0.717, 1.165) is 12.1 Å². The molecule has 5 nitrogen and oxygen atoms in total. The van der Waals surface area contributed by atoms with Crippen molar-refractivity contribution >= 4 is 17.3 Å². The van der Waals surface area contributed by atoms with Crippen LogP contribution in [0.15, 0.2) is 42.7 Å². The molecule has 0 atom stereocenters. The number of alkyl halides is 3. The molecule has 2 rings (SSSR count). The number of aromatic nitrogens is 1. The van der Waals surface area contributed by atoms with Gasteiger partial charge in [0.15, 0.2) is 0 Å². The van der Waals surface area contributed by atoms with Crippen LogP contribution in [-0.2, 0) is 10.9 Å². The number of anilines is 2. The molecular weight excluding hydrogens is 323 g/mol. The average Bonchev–Trinajstić information content (AvgIpc) is 2.55. The van der Waals surface area contributed by atoms with Crippen molar-refractivity contribution in [3.8, 4) is 0 Å². The first kappa shape index (κ1) is 17.7. The first-order chi connectivity index (χ1) is 11.4. The van der Waals surface area contributed by atoms with Gasteiger partial charge in [0.05, 0.1) is 29.6 Å². The monoisotopic (exact) mass is 339 g/mol. The number of rotatable bonds is 6. The van der Waals surface area contributed by atoms with Crippen molar-refractivity contribution in [1.82, 2.24) is 10.3 Å². The molecule has 0 saturated carbocycles. The molecule has 0 radical (unpaired) electrons. The second-order valence-corrected chi connectivity index (χ2v) is 4.91. The Morgan fingerprint density at radius 2 is 1.88 bits per heavy atom. The molecule has 8 heteroatoms. The Hall–Kier alpha value is -2.61. The molecule has 0 unspecified atom stereocenters. The van der Waals surface area contributed by atoms with Crippen LogP contribution in [0.4, 0.5) is 24.5 Å². The molecular formula is C16H16F3N3O2. The summed E-state index contributed by atoms with van der Waals surface area (Å²) in [5.74, 6) is -0.310. The fourth-order valence-electron chi connectivity index (χ4n) is 1.91. The summed E-state index contributed by atoms with van der Waals surface area (Å²) in [7, 11) is 1.53. The molecule has 0 fully saturated rings. The summed E-state index contributed by atoms with van der Waals surface area (Å²) in [4.78, 5) is 15.9. The summed E-state index contributed by atoms with van der Waals surface area (Å²) in [5, 5.41) is 5.57. The van der Waals surface area contributed by atoms with Gasteiger partial charge >= 0.3 is 6.18 Å². The molecule has 0 aliphatic carbocycles. The molecule has 1 aromatic carbocycles. The number of benzene rings is 1. The van der Waals surface area contributed by atoms with Crippen molar-refractivity contribution in [2.75, 3.05) is 25.6 Å². The minimum absolute atomic E-state index is 0.310. The molecule has 0 aliphatic heterocycles. The molecule has 24 heavy (non-hydrogen) atoms. The minimum atomic E-state index is -4.37. The van der Waals surface area contributed by atoms with Crippen LogP contribution in [0.5, 0.6) is 0 Å². The predicted octanol–water partition coefficient (Wildman–Crippen LogP) is 3.22. The van der Waals surface area contributed by atoms with Crippen LogP contribution in [0, 0.1) is 0 Å². The van der Waals surface area contributed by atoms with E-state index in [1.807, 2.05) is 0 Å². The standard InChI is InChI=1S/C16H16F3N3O2/c1-24-7-6-21-15(23)11-8-14(10-20-9-11)22-13-4-2-12(3-5-13)16(17,18)19/h2-5,8-10,22H,6-7H2,1H3,(H,21,23). The fourth-order valence-corrected chi connectivity index (χ4v) is 1.91. The van der Waals surface area contributed by atoms with Gasteiger partial charge in [-0.15, -0.1) is 0 Å². The Labute approximate surface area is 136 Å². The van der Waals surface area contributed by atoms with Crippen molar-refractivity contribution in [2.45, 2.75) is 6.18 Å². The molecule has 1 amide bonds. The van der Waals surface area contributed by atoms with E-state index in [0.29, 0.717) is 30.1 Å². The van der Waals surface area contributed by atoms with Crippen molar-refractivity contribution < 1.29 is 22.7 Å². The van der Waals surface area contributed by atoms with Crippen LogP contribution in [0.25, 0.3) is 0 Å². The lowest BCUT2D eigenvalue weighted by Gasteiger charge is -2.10. The molecule has 2 N–H and O–H groups in total. The number of hydrogen-bond acceptors (Lipinski definition) is 4. The zero-order valence-electron chi connectivity index (χ0n) is 12.9. The lowest BCUT2D eigenvalue weighted by atomic mass is 10.2. The molecule has 2 aromatic rings. The summed E-state index contributed by atoms with van der Waals surface area (Å²) < 4.78 is 42.4. The zero-order chi connectivity index (χ0) is 17.6. The molecule has 1 heterocycles. The van der Waals surface area contributed by atoms with Gasteiger partial charge in [0.2, 0.25) is 0 Å². The number of amides is 1. The van der Waals surface area contributed by atoms with Crippen molar-refractivity contribution in [2.24, 2.45) is 0 Å². The van der Waals surface area contributed by atoms with E-state index in [-0.39, 0.29) is 5.91 Å². The Balaban J connectivity index is 2.05. The Morgan fingerprint density at radius 1 is 1.17 bits per heavy atom. The van der Waals surface area contributed by atoms with Crippen LogP contribution < -0.4 is 10.6 Å². The summed E-state index contributed by atoms with van der Waals surface area (Å²) in [6, 6.07) is 6.16.